The number of nitrogens with zero attached hydrogens (tertiary/aromatic N) is 1. The summed E-state index contributed by atoms with van der Waals surface area (Å²) in [5.41, 5.74) is 1.96. The number of aryl methyl sites for hydroxylation is 1. The molecule has 2 rings (SSSR count). The normalized spacial score (nSPS) is 19.7. The van der Waals surface area contributed by atoms with Crippen molar-refractivity contribution >= 4 is 38.5 Å². The molecule has 0 aromatic heterocycles. The summed E-state index contributed by atoms with van der Waals surface area (Å²) in [5, 5.41) is 4.26. The second-order valence-electron chi connectivity index (χ2n) is 6.16. The van der Waals surface area contributed by atoms with Gasteiger partial charge in [-0.2, -0.15) is 0 Å². The molecule has 0 aliphatic carbocycles. The van der Waals surface area contributed by atoms with Gasteiger partial charge in [0.2, 0.25) is 0 Å². The molecule has 0 spiro atoms. The maximum atomic E-state index is 13.4. The van der Waals surface area contributed by atoms with Gasteiger partial charge in [-0.05, 0) is 52.4 Å². The minimum atomic E-state index is -0.237. The molecule has 0 saturated carbocycles. The molecule has 1 aliphatic rings. The van der Waals surface area contributed by atoms with Crippen LogP contribution in [0.5, 0.6) is 0 Å². The first-order valence-electron chi connectivity index (χ1n) is 6.70. The van der Waals surface area contributed by atoms with Gasteiger partial charge in [0.1, 0.15) is 5.82 Å². The van der Waals surface area contributed by atoms with E-state index in [1.807, 2.05) is 6.92 Å². The van der Waals surface area contributed by atoms with Gasteiger partial charge in [-0.25, -0.2) is 4.39 Å². The summed E-state index contributed by atoms with van der Waals surface area (Å²) in [6.45, 7) is 8.55. The Morgan fingerprint density at radius 1 is 1.40 bits per heavy atom. The van der Waals surface area contributed by atoms with Gasteiger partial charge >= 0.3 is 0 Å². The average Bonchev–Trinajstić information content (AvgIpc) is 2.35. The SMILES string of the molecule is Cc1cc(F)c(Br)cc1NC1=NC(C(C)(C)C)CCS1. The van der Waals surface area contributed by atoms with Gasteiger partial charge in [-0.15, -0.1) is 0 Å². The van der Waals surface area contributed by atoms with Gasteiger partial charge in [0, 0.05) is 11.4 Å². The molecule has 0 radical (unpaired) electrons. The summed E-state index contributed by atoms with van der Waals surface area (Å²) >= 11 is 4.95. The van der Waals surface area contributed by atoms with Gasteiger partial charge in [0.15, 0.2) is 5.17 Å². The summed E-state index contributed by atoms with van der Waals surface area (Å²) in [7, 11) is 0. The summed E-state index contributed by atoms with van der Waals surface area (Å²) in [5.74, 6) is 0.827. The summed E-state index contributed by atoms with van der Waals surface area (Å²) in [6.07, 6.45) is 1.10. The Labute approximate surface area is 132 Å². The number of amidine groups is 1. The first kappa shape index (κ1) is 15.8. The molecule has 1 N–H and O–H groups in total. The van der Waals surface area contributed by atoms with E-state index in [0.717, 1.165) is 28.6 Å². The smallest absolute Gasteiger partial charge is 0.161 e. The third-order valence-electron chi connectivity index (χ3n) is 3.41. The number of anilines is 1. The van der Waals surface area contributed by atoms with Crippen LogP contribution < -0.4 is 5.32 Å². The highest BCUT2D eigenvalue weighted by atomic mass is 79.9. The molecule has 1 aromatic carbocycles. The van der Waals surface area contributed by atoms with E-state index in [0.29, 0.717) is 10.5 Å². The topological polar surface area (TPSA) is 24.4 Å². The highest BCUT2D eigenvalue weighted by Crippen LogP contribution is 2.32. The van der Waals surface area contributed by atoms with Crippen molar-refractivity contribution < 1.29 is 4.39 Å². The molecule has 0 bridgehead atoms. The van der Waals surface area contributed by atoms with Gasteiger partial charge in [0.05, 0.1) is 10.5 Å². The Morgan fingerprint density at radius 3 is 2.75 bits per heavy atom. The molecule has 1 aromatic rings. The number of nitrogens with one attached hydrogen (secondary N) is 1. The van der Waals surface area contributed by atoms with Crippen molar-refractivity contribution in [1.82, 2.24) is 0 Å². The number of thioether (sulfide) groups is 1. The van der Waals surface area contributed by atoms with Gasteiger partial charge < -0.3 is 5.32 Å². The zero-order valence-corrected chi connectivity index (χ0v) is 14.7. The summed E-state index contributed by atoms with van der Waals surface area (Å²) < 4.78 is 13.9. The van der Waals surface area contributed by atoms with Crippen LogP contribution in [0.25, 0.3) is 0 Å². The average molecular weight is 359 g/mol. The number of rotatable bonds is 1. The van der Waals surface area contributed by atoms with E-state index in [4.69, 9.17) is 4.99 Å². The zero-order valence-electron chi connectivity index (χ0n) is 12.3. The molecule has 20 heavy (non-hydrogen) atoms. The lowest BCUT2D eigenvalue weighted by atomic mass is 9.85. The minimum Gasteiger partial charge on any atom is -0.335 e. The largest absolute Gasteiger partial charge is 0.335 e. The Hall–Kier alpha value is -0.550. The number of halogens is 2. The molecular weight excluding hydrogens is 339 g/mol. The fourth-order valence-corrected chi connectivity index (χ4v) is 3.36. The van der Waals surface area contributed by atoms with Crippen molar-refractivity contribution in [2.75, 3.05) is 11.1 Å². The Balaban J connectivity index is 2.21. The number of benzene rings is 1. The molecule has 2 nitrogen and oxygen atoms in total. The minimum absolute atomic E-state index is 0.173. The van der Waals surface area contributed by atoms with E-state index in [9.17, 15) is 4.39 Å². The van der Waals surface area contributed by atoms with Gasteiger partial charge in [0.25, 0.3) is 0 Å². The lowest BCUT2D eigenvalue weighted by Gasteiger charge is -2.31. The van der Waals surface area contributed by atoms with Gasteiger partial charge in [-0.3, -0.25) is 4.99 Å². The van der Waals surface area contributed by atoms with E-state index in [2.05, 4.69) is 42.0 Å². The molecule has 0 amide bonds. The highest BCUT2D eigenvalue weighted by molar-refractivity contribution is 9.10. The molecule has 110 valence electrons. The van der Waals surface area contributed by atoms with Crippen LogP contribution in [-0.4, -0.2) is 17.0 Å². The Bertz CT molecular complexity index is 537. The maximum absolute atomic E-state index is 13.4. The number of aliphatic imine (C=N–C) groups is 1. The quantitative estimate of drug-likeness (QED) is 0.744. The van der Waals surface area contributed by atoms with Crippen molar-refractivity contribution in [1.29, 1.82) is 0 Å². The molecule has 1 atom stereocenters. The van der Waals surface area contributed by atoms with Crippen molar-refractivity contribution in [3.63, 3.8) is 0 Å². The predicted octanol–water partition coefficient (Wildman–Crippen LogP) is 5.22. The standard InChI is InChI=1S/C15H20BrFN2S/c1-9-7-11(17)10(16)8-12(9)18-14-19-13(5-6-20-14)15(2,3)4/h7-8,13H,5-6H2,1-4H3,(H,18,19). The van der Waals surface area contributed by atoms with Crippen LogP contribution in [0.4, 0.5) is 10.1 Å². The molecule has 1 unspecified atom stereocenters. The van der Waals surface area contributed by atoms with Crippen LogP contribution in [0.15, 0.2) is 21.6 Å². The fourth-order valence-electron chi connectivity index (χ4n) is 2.10. The molecule has 1 aliphatic heterocycles. The van der Waals surface area contributed by atoms with Crippen molar-refractivity contribution in [3.05, 3.63) is 28.0 Å². The van der Waals surface area contributed by atoms with E-state index in [-0.39, 0.29) is 11.2 Å². The van der Waals surface area contributed by atoms with Crippen molar-refractivity contribution in [3.8, 4) is 0 Å². The second-order valence-corrected chi connectivity index (χ2v) is 8.10. The van der Waals surface area contributed by atoms with E-state index in [1.165, 1.54) is 6.07 Å². The van der Waals surface area contributed by atoms with Crippen LogP contribution in [0.3, 0.4) is 0 Å². The Morgan fingerprint density at radius 2 is 2.10 bits per heavy atom. The molecule has 0 fully saturated rings. The first-order chi connectivity index (χ1) is 9.27. The van der Waals surface area contributed by atoms with Crippen LogP contribution in [0.1, 0.15) is 32.8 Å². The maximum Gasteiger partial charge on any atom is 0.161 e. The first-order valence-corrected chi connectivity index (χ1v) is 8.48. The Kier molecular flexibility index (Phi) is 4.80. The number of hydrogen-bond donors (Lipinski definition) is 1. The number of hydrogen-bond acceptors (Lipinski definition) is 3. The summed E-state index contributed by atoms with van der Waals surface area (Å²) in [6, 6.07) is 3.63. The van der Waals surface area contributed by atoms with E-state index in [1.54, 1.807) is 17.8 Å². The molecular formula is C15H20BrFN2S. The van der Waals surface area contributed by atoms with E-state index < -0.39 is 0 Å². The van der Waals surface area contributed by atoms with Crippen LogP contribution in [0, 0.1) is 18.2 Å². The van der Waals surface area contributed by atoms with Gasteiger partial charge in [-0.1, -0.05) is 32.5 Å². The predicted molar refractivity (Wildman–Crippen MR) is 90.2 cm³/mol. The third-order valence-corrected chi connectivity index (χ3v) is 4.94. The van der Waals surface area contributed by atoms with Crippen LogP contribution >= 0.6 is 27.7 Å². The lowest BCUT2D eigenvalue weighted by molar-refractivity contribution is 0.316. The van der Waals surface area contributed by atoms with Crippen LogP contribution in [0.2, 0.25) is 0 Å². The monoisotopic (exact) mass is 358 g/mol. The highest BCUT2D eigenvalue weighted by Gasteiger charge is 2.27. The van der Waals surface area contributed by atoms with E-state index >= 15 is 0 Å². The third kappa shape index (κ3) is 3.76. The molecule has 0 saturated heterocycles. The molecule has 5 heteroatoms. The molecule has 1 heterocycles. The van der Waals surface area contributed by atoms with Crippen LogP contribution in [-0.2, 0) is 0 Å². The lowest BCUT2D eigenvalue weighted by Crippen LogP contribution is -2.30. The van der Waals surface area contributed by atoms with Crippen molar-refractivity contribution in [2.24, 2.45) is 10.4 Å². The summed E-state index contributed by atoms with van der Waals surface area (Å²) in [4.78, 5) is 4.80. The second kappa shape index (κ2) is 6.06. The zero-order chi connectivity index (χ0) is 14.9. The van der Waals surface area contributed by atoms with Crippen molar-refractivity contribution in [2.45, 2.75) is 40.2 Å². The fraction of sp³-hybridized carbons (Fsp3) is 0.533.